The van der Waals surface area contributed by atoms with Gasteiger partial charge in [0.25, 0.3) is 0 Å². The molecule has 1 fully saturated rings. The number of hydrogen-bond acceptors (Lipinski definition) is 4. The van der Waals surface area contributed by atoms with E-state index >= 15 is 0 Å². The molecule has 2 heterocycles. The third-order valence-electron chi connectivity index (χ3n) is 5.62. The van der Waals surface area contributed by atoms with Gasteiger partial charge < -0.3 is 14.1 Å². The molecule has 1 unspecified atom stereocenters. The highest BCUT2D eigenvalue weighted by Gasteiger charge is 2.35. The molecule has 0 amide bonds. The highest BCUT2D eigenvalue weighted by molar-refractivity contribution is 7.89. The zero-order valence-corrected chi connectivity index (χ0v) is 18.6. The van der Waals surface area contributed by atoms with Crippen molar-refractivity contribution in [2.75, 3.05) is 13.1 Å². The Hall–Kier alpha value is -2.78. The number of rotatable bonds is 7. The van der Waals surface area contributed by atoms with E-state index in [1.807, 2.05) is 13.8 Å². The predicted octanol–water partition coefficient (Wildman–Crippen LogP) is 4.08. The van der Waals surface area contributed by atoms with E-state index in [0.29, 0.717) is 24.0 Å². The molecule has 6 nitrogen and oxygen atoms in total. The fourth-order valence-corrected chi connectivity index (χ4v) is 5.73. The van der Waals surface area contributed by atoms with Crippen molar-refractivity contribution in [1.29, 1.82) is 0 Å². The van der Waals surface area contributed by atoms with Crippen molar-refractivity contribution in [3.05, 3.63) is 59.8 Å². The van der Waals surface area contributed by atoms with Gasteiger partial charge >= 0.3 is 0 Å². The summed E-state index contributed by atoms with van der Waals surface area (Å²) in [6, 6.07) is 8.27. The third kappa shape index (κ3) is 4.14. The summed E-state index contributed by atoms with van der Waals surface area (Å²) in [5.74, 6) is -1.14. The number of nitrogens with zero attached hydrogens (tertiary/aromatic N) is 2. The predicted molar refractivity (Wildman–Crippen MR) is 116 cm³/mol. The highest BCUT2D eigenvalue weighted by atomic mass is 32.2. The molecule has 1 aliphatic rings. The van der Waals surface area contributed by atoms with Crippen LogP contribution in [0.2, 0.25) is 0 Å². The lowest BCUT2D eigenvalue weighted by molar-refractivity contribution is -0.108. The smallest absolute Gasteiger partial charge is 0.243 e. The Bertz CT molecular complexity index is 1250. The van der Waals surface area contributed by atoms with Crippen LogP contribution >= 0.6 is 0 Å². The molecule has 2 aromatic carbocycles. The lowest BCUT2D eigenvalue weighted by atomic mass is 9.97. The van der Waals surface area contributed by atoms with Crippen LogP contribution in [-0.2, 0) is 21.4 Å². The minimum Gasteiger partial charge on any atom is -0.491 e. The summed E-state index contributed by atoms with van der Waals surface area (Å²) in [7, 11) is -3.74. The Kier molecular flexibility index (Phi) is 6.05. The Balaban J connectivity index is 1.62. The highest BCUT2D eigenvalue weighted by Crippen LogP contribution is 2.37. The second-order valence-electron chi connectivity index (χ2n) is 8.17. The first kappa shape index (κ1) is 22.4. The van der Waals surface area contributed by atoms with Gasteiger partial charge in [-0.1, -0.05) is 0 Å². The number of benzene rings is 2. The van der Waals surface area contributed by atoms with Gasteiger partial charge in [-0.05, 0) is 56.2 Å². The molecule has 1 saturated heterocycles. The minimum atomic E-state index is -3.74. The third-order valence-corrected chi connectivity index (χ3v) is 7.50. The molecule has 1 aromatic heterocycles. The summed E-state index contributed by atoms with van der Waals surface area (Å²) >= 11 is 0. The zero-order valence-electron chi connectivity index (χ0n) is 17.8. The van der Waals surface area contributed by atoms with Crippen molar-refractivity contribution in [2.24, 2.45) is 0 Å². The average molecular weight is 463 g/mol. The topological polar surface area (TPSA) is 68.6 Å². The van der Waals surface area contributed by atoms with Crippen molar-refractivity contribution in [2.45, 2.75) is 43.7 Å². The molecule has 4 rings (SSSR count). The van der Waals surface area contributed by atoms with Crippen LogP contribution in [-0.4, -0.2) is 42.8 Å². The number of aldehydes is 1. The van der Waals surface area contributed by atoms with Crippen molar-refractivity contribution in [3.8, 4) is 5.75 Å². The van der Waals surface area contributed by atoms with Crippen LogP contribution in [0.5, 0.6) is 5.75 Å². The van der Waals surface area contributed by atoms with Gasteiger partial charge in [-0.2, -0.15) is 4.31 Å². The van der Waals surface area contributed by atoms with Gasteiger partial charge in [-0.15, -0.1) is 0 Å². The van der Waals surface area contributed by atoms with E-state index in [-0.39, 0.29) is 47.5 Å². The van der Waals surface area contributed by atoms with Gasteiger partial charge in [-0.25, -0.2) is 17.2 Å². The molecule has 9 heteroatoms. The normalized spacial score (nSPS) is 17.3. The molecule has 170 valence electrons. The van der Waals surface area contributed by atoms with Gasteiger partial charge in [-0.3, -0.25) is 0 Å². The number of carbonyl (C=O) groups excluding carboxylic acids is 1. The quantitative estimate of drug-likeness (QED) is 0.496. The fourth-order valence-electron chi connectivity index (χ4n) is 4.23. The fraction of sp³-hybridized carbons (Fsp3) is 0.348. The van der Waals surface area contributed by atoms with Gasteiger partial charge in [0.15, 0.2) is 0 Å². The number of aromatic nitrogens is 1. The van der Waals surface area contributed by atoms with Crippen LogP contribution in [0.25, 0.3) is 10.9 Å². The number of ether oxygens (including phenoxy) is 1. The SMILES string of the molecule is CC(C)Oc1ccc(S(=O)(=O)N2CCC(c3cn(CC=O)c4cc(F)cc(F)c34)C2)cc1. The van der Waals surface area contributed by atoms with Crippen LogP contribution in [0.1, 0.15) is 31.7 Å². The maximum Gasteiger partial charge on any atom is 0.243 e. The number of hydrogen-bond donors (Lipinski definition) is 0. The van der Waals surface area contributed by atoms with E-state index in [1.54, 1.807) is 18.3 Å². The monoisotopic (exact) mass is 462 g/mol. The molecule has 0 radical (unpaired) electrons. The van der Waals surface area contributed by atoms with Crippen molar-refractivity contribution in [3.63, 3.8) is 0 Å². The van der Waals surface area contributed by atoms with Crippen LogP contribution < -0.4 is 4.74 Å². The molecule has 1 atom stereocenters. The Labute approximate surface area is 185 Å². The van der Waals surface area contributed by atoms with E-state index in [1.165, 1.54) is 27.1 Å². The molecule has 32 heavy (non-hydrogen) atoms. The van der Waals surface area contributed by atoms with E-state index in [4.69, 9.17) is 4.74 Å². The largest absolute Gasteiger partial charge is 0.491 e. The summed E-state index contributed by atoms with van der Waals surface area (Å²) in [6.45, 7) is 4.18. The van der Waals surface area contributed by atoms with Crippen molar-refractivity contribution < 1.29 is 26.7 Å². The summed E-state index contributed by atoms with van der Waals surface area (Å²) < 4.78 is 63.1. The molecule has 0 aliphatic carbocycles. The Morgan fingerprint density at radius 2 is 1.91 bits per heavy atom. The lowest BCUT2D eigenvalue weighted by Crippen LogP contribution is -2.28. The van der Waals surface area contributed by atoms with Crippen molar-refractivity contribution in [1.82, 2.24) is 8.87 Å². The first-order chi connectivity index (χ1) is 15.2. The Morgan fingerprint density at radius 1 is 1.19 bits per heavy atom. The first-order valence-corrected chi connectivity index (χ1v) is 11.8. The van der Waals surface area contributed by atoms with Crippen molar-refractivity contribution >= 4 is 27.2 Å². The van der Waals surface area contributed by atoms with Gasteiger partial charge in [0.1, 0.15) is 23.7 Å². The van der Waals surface area contributed by atoms with E-state index in [2.05, 4.69) is 0 Å². The number of halogens is 2. The number of fused-ring (bicyclic) bond motifs is 1. The summed E-state index contributed by atoms with van der Waals surface area (Å²) in [6.07, 6.45) is 2.75. The van der Waals surface area contributed by atoms with Crippen LogP contribution in [0.15, 0.2) is 47.5 Å². The maximum absolute atomic E-state index is 14.7. The summed E-state index contributed by atoms with van der Waals surface area (Å²) in [5, 5.41) is 0.229. The van der Waals surface area contributed by atoms with E-state index < -0.39 is 21.7 Å². The van der Waals surface area contributed by atoms with E-state index in [9.17, 15) is 22.0 Å². The molecule has 3 aromatic rings. The maximum atomic E-state index is 14.7. The molecular weight excluding hydrogens is 438 g/mol. The molecule has 1 aliphatic heterocycles. The molecule has 0 saturated carbocycles. The van der Waals surface area contributed by atoms with Crippen LogP contribution in [0, 0.1) is 11.6 Å². The van der Waals surface area contributed by atoms with Gasteiger partial charge in [0.2, 0.25) is 10.0 Å². The van der Waals surface area contributed by atoms with Gasteiger partial charge in [0, 0.05) is 36.7 Å². The van der Waals surface area contributed by atoms with Crippen LogP contribution in [0.3, 0.4) is 0 Å². The molecule has 0 spiro atoms. The summed E-state index contributed by atoms with van der Waals surface area (Å²) in [5.41, 5.74) is 0.865. The minimum absolute atomic E-state index is 0.0213. The number of sulfonamides is 1. The molecular formula is C23H24F2N2O4S. The second-order valence-corrected chi connectivity index (χ2v) is 10.1. The average Bonchev–Trinajstić information content (AvgIpc) is 3.34. The zero-order chi connectivity index (χ0) is 23.0. The number of carbonyl (C=O) groups is 1. The Morgan fingerprint density at radius 3 is 2.56 bits per heavy atom. The summed E-state index contributed by atoms with van der Waals surface area (Å²) in [4.78, 5) is 11.2. The molecule has 0 bridgehead atoms. The van der Waals surface area contributed by atoms with E-state index in [0.717, 1.165) is 6.07 Å². The molecule has 0 N–H and O–H groups in total. The van der Waals surface area contributed by atoms with Gasteiger partial charge in [0.05, 0.1) is 23.1 Å². The first-order valence-electron chi connectivity index (χ1n) is 10.4. The second kappa shape index (κ2) is 8.63. The lowest BCUT2D eigenvalue weighted by Gasteiger charge is -2.17. The standard InChI is InChI=1S/C23H24F2N2O4S/c1-15(2)31-18-3-5-19(6-4-18)32(29,30)27-8-7-16(13-27)20-14-26(9-10-28)22-12-17(24)11-21(25)23(20)22/h3-6,10-12,14-16H,7-9,13H2,1-2H3. The van der Waals surface area contributed by atoms with Crippen LogP contribution in [0.4, 0.5) is 8.78 Å².